The van der Waals surface area contributed by atoms with Crippen LogP contribution in [0.4, 0.5) is 0 Å². The van der Waals surface area contributed by atoms with Crippen molar-refractivity contribution in [3.63, 3.8) is 0 Å². The summed E-state index contributed by atoms with van der Waals surface area (Å²) in [6.45, 7) is 0. The van der Waals surface area contributed by atoms with E-state index in [0.29, 0.717) is 0 Å². The monoisotopic (exact) mass is 269 g/mol. The lowest BCUT2D eigenvalue weighted by Gasteiger charge is -1.88. The second-order valence-corrected chi connectivity index (χ2v) is 4.02. The summed E-state index contributed by atoms with van der Waals surface area (Å²) in [6, 6.07) is 9.09. The summed E-state index contributed by atoms with van der Waals surface area (Å²) in [6.07, 6.45) is 5.60. The molecule has 0 saturated heterocycles. The van der Waals surface area contributed by atoms with Crippen molar-refractivity contribution < 1.29 is 19.5 Å². The second-order valence-electron chi connectivity index (χ2n) is 4.02. The van der Waals surface area contributed by atoms with Crippen LogP contribution in [0, 0.1) is 0 Å². The van der Waals surface area contributed by atoms with Gasteiger partial charge in [0.25, 0.3) is 0 Å². The number of para-hydroxylation sites is 1. The van der Waals surface area contributed by atoms with Gasteiger partial charge in [0.15, 0.2) is 0 Å². The number of H-pyrrole nitrogens is 1. The zero-order valence-electron chi connectivity index (χ0n) is 10.4. The molecule has 0 unspecified atom stereocenters. The number of nitrogens with one attached hydrogen (secondary N) is 1. The molecule has 0 spiro atoms. The maximum Gasteiger partial charge on any atom is 0.352 e. The van der Waals surface area contributed by atoms with Gasteiger partial charge in [-0.2, -0.15) is 0 Å². The van der Waals surface area contributed by atoms with Gasteiger partial charge in [-0.05, 0) is 24.3 Å². The number of benzene rings is 1. The van der Waals surface area contributed by atoms with E-state index in [2.05, 4.69) is 4.98 Å². The van der Waals surface area contributed by atoms with Gasteiger partial charge in [0.1, 0.15) is 5.69 Å². The van der Waals surface area contributed by atoms with Crippen LogP contribution in [0.15, 0.2) is 54.6 Å². The zero-order chi connectivity index (χ0) is 14.5. The Labute approximate surface area is 114 Å². The van der Waals surface area contributed by atoms with E-state index >= 15 is 0 Å². The number of carboxylic acid groups (broad SMARTS) is 1. The molecule has 100 valence electrons. The number of carbonyl (C=O) groups is 3. The van der Waals surface area contributed by atoms with Gasteiger partial charge in [-0.1, -0.05) is 30.4 Å². The first-order valence-corrected chi connectivity index (χ1v) is 5.82. The van der Waals surface area contributed by atoms with Crippen LogP contribution < -0.4 is 0 Å². The van der Waals surface area contributed by atoms with Gasteiger partial charge in [0, 0.05) is 10.9 Å². The highest BCUT2D eigenvalue weighted by molar-refractivity contribution is 6.46. The molecule has 3 rings (SSSR count). The largest absolute Gasteiger partial charge is 0.477 e. The molecule has 0 saturated carbocycles. The van der Waals surface area contributed by atoms with E-state index in [9.17, 15) is 14.4 Å². The van der Waals surface area contributed by atoms with Crippen molar-refractivity contribution in [2.45, 2.75) is 0 Å². The van der Waals surface area contributed by atoms with Crippen LogP contribution in [0.1, 0.15) is 10.5 Å². The van der Waals surface area contributed by atoms with Crippen LogP contribution in [-0.4, -0.2) is 27.6 Å². The van der Waals surface area contributed by atoms with Gasteiger partial charge in [-0.25, -0.2) is 4.79 Å². The number of hydrogen-bond donors (Lipinski definition) is 2. The third-order valence-corrected chi connectivity index (χ3v) is 2.61. The Hall–Kier alpha value is -2.95. The van der Waals surface area contributed by atoms with Crippen LogP contribution in [0.2, 0.25) is 0 Å². The molecule has 1 aromatic carbocycles. The molecule has 5 heteroatoms. The molecule has 1 aliphatic carbocycles. The molecule has 0 fully saturated rings. The smallest absolute Gasteiger partial charge is 0.352 e. The van der Waals surface area contributed by atoms with Gasteiger partial charge in [-0.3, -0.25) is 9.59 Å². The van der Waals surface area contributed by atoms with Crippen LogP contribution in [0.3, 0.4) is 0 Å². The Balaban J connectivity index is 0.000000160. The maximum absolute atomic E-state index is 10.5. The van der Waals surface area contributed by atoms with E-state index in [4.69, 9.17) is 5.11 Å². The zero-order valence-corrected chi connectivity index (χ0v) is 10.4. The summed E-state index contributed by atoms with van der Waals surface area (Å²) < 4.78 is 0. The minimum absolute atomic E-state index is 0.233. The summed E-state index contributed by atoms with van der Waals surface area (Å²) in [4.78, 5) is 33.9. The number of aromatic nitrogens is 1. The Morgan fingerprint density at radius 2 is 1.60 bits per heavy atom. The highest BCUT2D eigenvalue weighted by Crippen LogP contribution is 2.13. The first-order valence-electron chi connectivity index (χ1n) is 5.82. The van der Waals surface area contributed by atoms with Crippen LogP contribution >= 0.6 is 0 Å². The molecule has 1 heterocycles. The molecule has 0 amide bonds. The van der Waals surface area contributed by atoms with Gasteiger partial charge >= 0.3 is 5.97 Å². The highest BCUT2D eigenvalue weighted by Gasteiger charge is 2.06. The number of ketones is 2. The first-order chi connectivity index (χ1) is 9.58. The Morgan fingerprint density at radius 3 is 2.10 bits per heavy atom. The molecule has 0 atom stereocenters. The lowest BCUT2D eigenvalue weighted by molar-refractivity contribution is -0.131. The third-order valence-electron chi connectivity index (χ3n) is 2.61. The normalized spacial score (nSPS) is 13.2. The number of hydrogen-bond acceptors (Lipinski definition) is 3. The SMILES string of the molecule is O=C(O)c1cc2ccccc2[nH]1.O=C1C=CC=CC1=O. The summed E-state index contributed by atoms with van der Waals surface area (Å²) in [7, 11) is 0. The fourth-order valence-corrected chi connectivity index (χ4v) is 1.64. The lowest BCUT2D eigenvalue weighted by atomic mass is 10.1. The average molecular weight is 269 g/mol. The van der Waals surface area contributed by atoms with Crippen LogP contribution in [-0.2, 0) is 9.59 Å². The third kappa shape index (κ3) is 3.08. The minimum atomic E-state index is -0.925. The number of aromatic carboxylic acids is 1. The molecule has 5 nitrogen and oxygen atoms in total. The van der Waals surface area contributed by atoms with Crippen LogP contribution in [0.5, 0.6) is 0 Å². The Bertz CT molecular complexity index is 682. The van der Waals surface area contributed by atoms with Crippen LogP contribution in [0.25, 0.3) is 10.9 Å². The van der Waals surface area contributed by atoms with Gasteiger partial charge in [0.05, 0.1) is 0 Å². The predicted octanol–water partition coefficient (Wildman–Crippen LogP) is 2.12. The molecule has 0 radical (unpaired) electrons. The Kier molecular flexibility index (Phi) is 3.91. The molecule has 1 aliphatic rings. The topological polar surface area (TPSA) is 87.2 Å². The molecular formula is C15H11NO4. The summed E-state index contributed by atoms with van der Waals surface area (Å²) in [5.41, 5.74) is 1.09. The number of aromatic amines is 1. The average Bonchev–Trinajstić information content (AvgIpc) is 2.87. The molecule has 0 aliphatic heterocycles. The summed E-state index contributed by atoms with van der Waals surface area (Å²) in [5, 5.41) is 9.58. The molecule has 2 N–H and O–H groups in total. The maximum atomic E-state index is 10.5. The molecule has 20 heavy (non-hydrogen) atoms. The van der Waals surface area contributed by atoms with Crippen molar-refractivity contribution in [1.82, 2.24) is 4.98 Å². The molecule has 0 bridgehead atoms. The molecule has 2 aromatic rings. The van der Waals surface area contributed by atoms with E-state index in [-0.39, 0.29) is 5.69 Å². The van der Waals surface area contributed by atoms with Gasteiger partial charge in [0.2, 0.25) is 11.6 Å². The fourth-order valence-electron chi connectivity index (χ4n) is 1.64. The number of fused-ring (bicyclic) bond motifs is 1. The first kappa shape index (κ1) is 13.5. The van der Waals surface area contributed by atoms with Crippen molar-refractivity contribution in [2.75, 3.05) is 0 Å². The highest BCUT2D eigenvalue weighted by atomic mass is 16.4. The van der Waals surface area contributed by atoms with E-state index < -0.39 is 17.5 Å². The van der Waals surface area contributed by atoms with Crippen molar-refractivity contribution in [3.05, 3.63) is 60.3 Å². The van der Waals surface area contributed by atoms with E-state index in [1.54, 1.807) is 18.2 Å². The molecule has 1 aromatic heterocycles. The summed E-state index contributed by atoms with van der Waals surface area (Å²) >= 11 is 0. The Morgan fingerprint density at radius 1 is 1.00 bits per heavy atom. The summed E-state index contributed by atoms with van der Waals surface area (Å²) in [5.74, 6) is -1.80. The van der Waals surface area contributed by atoms with E-state index in [1.165, 1.54) is 12.2 Å². The van der Waals surface area contributed by atoms with Crippen molar-refractivity contribution in [2.24, 2.45) is 0 Å². The number of allylic oxidation sites excluding steroid dienone is 4. The molecular weight excluding hydrogens is 258 g/mol. The van der Waals surface area contributed by atoms with E-state index in [0.717, 1.165) is 10.9 Å². The quantitative estimate of drug-likeness (QED) is 0.613. The minimum Gasteiger partial charge on any atom is -0.477 e. The van der Waals surface area contributed by atoms with Crippen molar-refractivity contribution in [3.8, 4) is 0 Å². The van der Waals surface area contributed by atoms with Gasteiger partial charge < -0.3 is 10.1 Å². The fraction of sp³-hybridized carbons (Fsp3) is 0. The lowest BCUT2D eigenvalue weighted by Crippen LogP contribution is -2.08. The number of carbonyl (C=O) groups excluding carboxylic acids is 2. The van der Waals surface area contributed by atoms with Crippen molar-refractivity contribution >= 4 is 28.4 Å². The number of carboxylic acids is 1. The predicted molar refractivity (Wildman–Crippen MR) is 73.6 cm³/mol. The van der Waals surface area contributed by atoms with E-state index in [1.807, 2.05) is 24.3 Å². The van der Waals surface area contributed by atoms with Gasteiger partial charge in [-0.15, -0.1) is 0 Å². The number of rotatable bonds is 1. The standard InChI is InChI=1S/C9H7NO2.C6H4O2/c11-9(12)8-5-6-3-1-2-4-7(6)10-8;7-5-3-1-2-4-6(5)8/h1-5,10H,(H,11,12);1-4H. The second kappa shape index (κ2) is 5.79. The van der Waals surface area contributed by atoms with Crippen molar-refractivity contribution in [1.29, 1.82) is 0 Å².